The Labute approximate surface area is 149 Å². The zero-order valence-corrected chi connectivity index (χ0v) is 14.8. The Kier molecular flexibility index (Phi) is 5.02. The topological polar surface area (TPSA) is 51.3 Å². The number of ether oxygens (including phenoxy) is 2. The number of H-pyrrole nitrogens is 1. The number of esters is 1. The van der Waals surface area contributed by atoms with Gasteiger partial charge < -0.3 is 14.5 Å². The second-order valence-corrected chi connectivity index (χ2v) is 6.54. The lowest BCUT2D eigenvalue weighted by Crippen LogP contribution is -2.06. The van der Waals surface area contributed by atoms with Crippen molar-refractivity contribution >= 4 is 40.2 Å². The molecule has 0 fully saturated rings. The third-order valence-electron chi connectivity index (χ3n) is 3.47. The van der Waals surface area contributed by atoms with Gasteiger partial charge in [0.05, 0.1) is 18.6 Å². The van der Waals surface area contributed by atoms with Gasteiger partial charge in [0.25, 0.3) is 0 Å². The zero-order chi connectivity index (χ0) is 17.1. The van der Waals surface area contributed by atoms with Crippen LogP contribution in [-0.2, 0) is 4.74 Å². The van der Waals surface area contributed by atoms with Crippen LogP contribution in [0.2, 0.25) is 5.02 Å². The van der Waals surface area contributed by atoms with Gasteiger partial charge in [-0.1, -0.05) is 23.4 Å². The van der Waals surface area contributed by atoms with Crippen molar-refractivity contribution in [2.75, 3.05) is 13.7 Å². The molecule has 0 bridgehead atoms. The van der Waals surface area contributed by atoms with Crippen LogP contribution in [0.15, 0.2) is 52.3 Å². The highest BCUT2D eigenvalue weighted by Crippen LogP contribution is 2.38. The van der Waals surface area contributed by atoms with E-state index in [-0.39, 0.29) is 5.97 Å². The fourth-order valence-corrected chi connectivity index (χ4v) is 3.55. The van der Waals surface area contributed by atoms with Crippen molar-refractivity contribution in [1.82, 2.24) is 4.98 Å². The van der Waals surface area contributed by atoms with Gasteiger partial charge in [-0.2, -0.15) is 0 Å². The van der Waals surface area contributed by atoms with Crippen molar-refractivity contribution in [2.24, 2.45) is 0 Å². The number of hydrogen-bond donors (Lipinski definition) is 1. The van der Waals surface area contributed by atoms with Crippen LogP contribution in [0.5, 0.6) is 5.75 Å². The molecule has 4 nitrogen and oxygen atoms in total. The first kappa shape index (κ1) is 16.7. The molecule has 0 aliphatic rings. The van der Waals surface area contributed by atoms with Gasteiger partial charge >= 0.3 is 5.97 Å². The molecule has 24 heavy (non-hydrogen) atoms. The number of benzene rings is 2. The first-order chi connectivity index (χ1) is 11.6. The van der Waals surface area contributed by atoms with E-state index in [1.54, 1.807) is 20.1 Å². The van der Waals surface area contributed by atoms with E-state index in [2.05, 4.69) is 4.98 Å². The van der Waals surface area contributed by atoms with Gasteiger partial charge in [0.1, 0.15) is 11.4 Å². The van der Waals surface area contributed by atoms with Crippen molar-refractivity contribution in [1.29, 1.82) is 0 Å². The number of carbonyl (C=O) groups is 1. The van der Waals surface area contributed by atoms with E-state index in [1.807, 2.05) is 36.4 Å². The molecule has 0 aliphatic carbocycles. The quantitative estimate of drug-likeness (QED) is 0.638. The summed E-state index contributed by atoms with van der Waals surface area (Å²) in [6.07, 6.45) is 0. The minimum Gasteiger partial charge on any atom is -0.497 e. The first-order valence-corrected chi connectivity index (χ1v) is 8.62. The monoisotopic (exact) mass is 361 g/mol. The molecular formula is C18H16ClNO3S. The third kappa shape index (κ3) is 3.37. The van der Waals surface area contributed by atoms with Gasteiger partial charge in [0.15, 0.2) is 0 Å². The van der Waals surface area contributed by atoms with Crippen molar-refractivity contribution < 1.29 is 14.3 Å². The number of aromatic amines is 1. The maximum absolute atomic E-state index is 12.3. The van der Waals surface area contributed by atoms with Crippen LogP contribution >= 0.6 is 23.4 Å². The normalized spacial score (nSPS) is 10.8. The van der Waals surface area contributed by atoms with E-state index in [1.165, 1.54) is 11.8 Å². The lowest BCUT2D eigenvalue weighted by molar-refractivity contribution is 0.0516. The van der Waals surface area contributed by atoms with Crippen LogP contribution in [0.1, 0.15) is 17.4 Å². The maximum atomic E-state index is 12.3. The Bertz CT molecular complexity index is 874. The van der Waals surface area contributed by atoms with E-state index in [0.717, 1.165) is 26.4 Å². The second kappa shape index (κ2) is 7.20. The molecule has 6 heteroatoms. The van der Waals surface area contributed by atoms with Gasteiger partial charge in [-0.15, -0.1) is 0 Å². The highest BCUT2D eigenvalue weighted by Gasteiger charge is 2.20. The maximum Gasteiger partial charge on any atom is 0.355 e. The molecule has 3 rings (SSSR count). The minimum absolute atomic E-state index is 0.321. The van der Waals surface area contributed by atoms with Gasteiger partial charge in [-0.05, 0) is 49.4 Å². The molecule has 1 aromatic heterocycles. The molecule has 2 aromatic carbocycles. The molecule has 1 N–H and O–H groups in total. The number of aromatic nitrogens is 1. The van der Waals surface area contributed by atoms with Crippen LogP contribution in [-0.4, -0.2) is 24.7 Å². The molecule has 1 heterocycles. The molecular weight excluding hydrogens is 346 g/mol. The summed E-state index contributed by atoms with van der Waals surface area (Å²) in [7, 11) is 1.63. The van der Waals surface area contributed by atoms with Crippen LogP contribution in [0.3, 0.4) is 0 Å². The van der Waals surface area contributed by atoms with Crippen molar-refractivity contribution in [2.45, 2.75) is 16.7 Å². The first-order valence-electron chi connectivity index (χ1n) is 7.42. The molecule has 0 radical (unpaired) electrons. The predicted octanol–water partition coefficient (Wildman–Crippen LogP) is 5.16. The van der Waals surface area contributed by atoms with Crippen LogP contribution < -0.4 is 4.74 Å². The SMILES string of the molecule is CCOC(=O)c1[nH]c2ccc(Cl)cc2c1Sc1ccc(OC)cc1. The summed E-state index contributed by atoms with van der Waals surface area (Å²) in [5.41, 5.74) is 1.29. The zero-order valence-electron chi connectivity index (χ0n) is 13.3. The van der Waals surface area contributed by atoms with Gasteiger partial charge in [-0.3, -0.25) is 0 Å². The molecule has 0 saturated carbocycles. The van der Waals surface area contributed by atoms with Crippen molar-refractivity contribution in [3.05, 3.63) is 53.2 Å². The predicted molar refractivity (Wildman–Crippen MR) is 96.4 cm³/mol. The highest BCUT2D eigenvalue weighted by molar-refractivity contribution is 7.99. The number of carbonyl (C=O) groups excluding carboxylic acids is 1. The number of rotatable bonds is 5. The van der Waals surface area contributed by atoms with Crippen molar-refractivity contribution in [3.63, 3.8) is 0 Å². The van der Waals surface area contributed by atoms with E-state index < -0.39 is 0 Å². The molecule has 124 valence electrons. The van der Waals surface area contributed by atoms with E-state index >= 15 is 0 Å². The van der Waals surface area contributed by atoms with E-state index in [9.17, 15) is 4.79 Å². The summed E-state index contributed by atoms with van der Waals surface area (Å²) in [6, 6.07) is 13.2. The van der Waals surface area contributed by atoms with Crippen LogP contribution in [0.4, 0.5) is 0 Å². The number of fused-ring (bicyclic) bond motifs is 1. The lowest BCUT2D eigenvalue weighted by atomic mass is 10.2. The smallest absolute Gasteiger partial charge is 0.355 e. The molecule has 0 aliphatic heterocycles. The summed E-state index contributed by atoms with van der Waals surface area (Å²) >= 11 is 7.61. The average Bonchev–Trinajstić information content (AvgIpc) is 2.94. The molecule has 0 amide bonds. The fourth-order valence-electron chi connectivity index (χ4n) is 2.35. The standard InChI is InChI=1S/C18H16ClNO3S/c1-3-23-18(21)16-17(14-10-11(19)4-9-15(14)20-16)24-13-7-5-12(22-2)6-8-13/h4-10,20H,3H2,1-2H3. The summed E-state index contributed by atoms with van der Waals surface area (Å²) in [5, 5.41) is 1.51. The van der Waals surface area contributed by atoms with Crippen LogP contribution in [0, 0.1) is 0 Å². The Hall–Kier alpha value is -2.11. The Morgan fingerprint density at radius 1 is 1.21 bits per heavy atom. The molecule has 0 atom stereocenters. The summed E-state index contributed by atoms with van der Waals surface area (Å²) in [5.74, 6) is 0.410. The fraction of sp³-hybridized carbons (Fsp3) is 0.167. The van der Waals surface area contributed by atoms with E-state index in [4.69, 9.17) is 21.1 Å². The van der Waals surface area contributed by atoms with E-state index in [0.29, 0.717) is 17.3 Å². The molecule has 3 aromatic rings. The summed E-state index contributed by atoms with van der Waals surface area (Å²) in [6.45, 7) is 2.11. The summed E-state index contributed by atoms with van der Waals surface area (Å²) < 4.78 is 10.3. The number of halogens is 1. The van der Waals surface area contributed by atoms with Gasteiger partial charge in [-0.25, -0.2) is 4.79 Å². The van der Waals surface area contributed by atoms with Gasteiger partial charge in [0, 0.05) is 20.8 Å². The van der Waals surface area contributed by atoms with Crippen LogP contribution in [0.25, 0.3) is 10.9 Å². The van der Waals surface area contributed by atoms with Crippen molar-refractivity contribution in [3.8, 4) is 5.75 Å². The summed E-state index contributed by atoms with van der Waals surface area (Å²) in [4.78, 5) is 17.2. The second-order valence-electron chi connectivity index (χ2n) is 5.02. The Morgan fingerprint density at radius 3 is 2.62 bits per heavy atom. The highest BCUT2D eigenvalue weighted by atomic mass is 35.5. The Balaban J connectivity index is 2.06. The minimum atomic E-state index is -0.374. The number of hydrogen-bond acceptors (Lipinski definition) is 4. The molecule has 0 spiro atoms. The molecule has 0 saturated heterocycles. The number of methoxy groups -OCH3 is 1. The average molecular weight is 362 g/mol. The Morgan fingerprint density at radius 2 is 1.96 bits per heavy atom. The van der Waals surface area contributed by atoms with Gasteiger partial charge in [0.2, 0.25) is 0 Å². The molecule has 0 unspecified atom stereocenters. The third-order valence-corrected chi connectivity index (χ3v) is 4.84. The lowest BCUT2D eigenvalue weighted by Gasteiger charge is -2.06. The largest absolute Gasteiger partial charge is 0.497 e. The number of nitrogens with one attached hydrogen (secondary N) is 1.